The summed E-state index contributed by atoms with van der Waals surface area (Å²) < 4.78 is 0. The molecule has 0 radical (unpaired) electrons. The van der Waals surface area contributed by atoms with Gasteiger partial charge in [-0.1, -0.05) is 6.92 Å². The maximum absolute atomic E-state index is 12.1. The van der Waals surface area contributed by atoms with Gasteiger partial charge in [-0.15, -0.1) is 0 Å². The molecular formula is C13H23N3O2. The molecule has 2 aliphatic rings. The van der Waals surface area contributed by atoms with Gasteiger partial charge in [0.1, 0.15) is 6.04 Å². The fraction of sp³-hybridized carbons (Fsp3) is 0.846. The molecular weight excluding hydrogens is 230 g/mol. The Labute approximate surface area is 108 Å². The molecule has 2 aliphatic heterocycles. The molecule has 1 unspecified atom stereocenters. The first-order chi connectivity index (χ1) is 8.59. The summed E-state index contributed by atoms with van der Waals surface area (Å²) in [5.41, 5.74) is 0. The molecule has 18 heavy (non-hydrogen) atoms. The van der Waals surface area contributed by atoms with Crippen molar-refractivity contribution in [2.75, 3.05) is 26.2 Å². The predicted octanol–water partition coefficient (Wildman–Crippen LogP) is -0.0310. The topological polar surface area (TPSA) is 61.4 Å². The van der Waals surface area contributed by atoms with E-state index >= 15 is 0 Å². The minimum atomic E-state index is -0.400. The van der Waals surface area contributed by atoms with Crippen molar-refractivity contribution in [1.82, 2.24) is 15.5 Å². The van der Waals surface area contributed by atoms with Crippen LogP contribution in [0, 0.1) is 11.8 Å². The third kappa shape index (κ3) is 2.83. The highest BCUT2D eigenvalue weighted by molar-refractivity contribution is 5.88. The van der Waals surface area contributed by atoms with Crippen LogP contribution in [0.1, 0.15) is 26.7 Å². The highest BCUT2D eigenvalue weighted by atomic mass is 16.2. The first-order valence-electron chi connectivity index (χ1n) is 6.89. The number of carbonyl (C=O) groups is 2. The number of nitrogens with zero attached hydrogens (tertiary/aromatic N) is 1. The number of likely N-dealkylation sites (tertiary alicyclic amines) is 1. The minimum Gasteiger partial charge on any atom is -0.344 e. The third-order valence-electron chi connectivity index (χ3n) is 4.00. The van der Waals surface area contributed by atoms with Crippen molar-refractivity contribution >= 4 is 11.8 Å². The normalized spacial score (nSPS) is 29.3. The molecule has 3 atom stereocenters. The van der Waals surface area contributed by atoms with Gasteiger partial charge in [-0.3, -0.25) is 9.59 Å². The van der Waals surface area contributed by atoms with E-state index < -0.39 is 6.04 Å². The number of nitrogens with one attached hydrogen (secondary N) is 2. The molecule has 0 saturated carbocycles. The molecule has 0 aromatic carbocycles. The summed E-state index contributed by atoms with van der Waals surface area (Å²) >= 11 is 0. The van der Waals surface area contributed by atoms with Gasteiger partial charge in [-0.25, -0.2) is 0 Å². The molecule has 0 aliphatic carbocycles. The summed E-state index contributed by atoms with van der Waals surface area (Å²) in [7, 11) is 0. The van der Waals surface area contributed by atoms with Gasteiger partial charge in [-0.05, 0) is 32.2 Å². The fourth-order valence-electron chi connectivity index (χ4n) is 2.75. The maximum Gasteiger partial charge on any atom is 0.244 e. The van der Waals surface area contributed by atoms with Crippen LogP contribution < -0.4 is 10.6 Å². The van der Waals surface area contributed by atoms with Crippen molar-refractivity contribution in [2.24, 2.45) is 11.8 Å². The van der Waals surface area contributed by atoms with Crippen LogP contribution in [-0.4, -0.2) is 48.9 Å². The molecule has 5 nitrogen and oxygen atoms in total. The first-order valence-corrected chi connectivity index (χ1v) is 6.89. The Morgan fingerprint density at radius 3 is 2.50 bits per heavy atom. The van der Waals surface area contributed by atoms with Crippen LogP contribution in [-0.2, 0) is 9.59 Å². The molecule has 2 N–H and O–H groups in total. The Kier molecular flexibility index (Phi) is 4.22. The fourth-order valence-corrected chi connectivity index (χ4v) is 2.75. The molecule has 0 aromatic rings. The molecule has 0 spiro atoms. The largest absolute Gasteiger partial charge is 0.344 e. The van der Waals surface area contributed by atoms with Crippen molar-refractivity contribution in [1.29, 1.82) is 0 Å². The average Bonchev–Trinajstić information content (AvgIpc) is 2.98. The maximum atomic E-state index is 12.1. The zero-order chi connectivity index (χ0) is 13.1. The van der Waals surface area contributed by atoms with E-state index in [1.165, 1.54) is 0 Å². The van der Waals surface area contributed by atoms with Crippen LogP contribution in [0.25, 0.3) is 0 Å². The molecule has 2 saturated heterocycles. The molecule has 2 amide bonds. The Hall–Kier alpha value is -1.10. The second kappa shape index (κ2) is 5.69. The predicted molar refractivity (Wildman–Crippen MR) is 68.9 cm³/mol. The summed E-state index contributed by atoms with van der Waals surface area (Å²) in [5, 5.41) is 6.06. The van der Waals surface area contributed by atoms with Crippen LogP contribution >= 0.6 is 0 Å². The third-order valence-corrected chi connectivity index (χ3v) is 4.00. The lowest BCUT2D eigenvalue weighted by Gasteiger charge is -2.23. The van der Waals surface area contributed by atoms with Gasteiger partial charge >= 0.3 is 0 Å². The van der Waals surface area contributed by atoms with Gasteiger partial charge < -0.3 is 15.5 Å². The number of amides is 2. The number of carbonyl (C=O) groups excluding carboxylic acids is 2. The van der Waals surface area contributed by atoms with Crippen molar-refractivity contribution < 1.29 is 9.59 Å². The number of rotatable bonds is 3. The van der Waals surface area contributed by atoms with Gasteiger partial charge in [-0.2, -0.15) is 0 Å². The van der Waals surface area contributed by atoms with E-state index in [1.54, 1.807) is 6.92 Å². The van der Waals surface area contributed by atoms with E-state index in [1.807, 2.05) is 4.90 Å². The summed E-state index contributed by atoms with van der Waals surface area (Å²) in [6.45, 7) is 7.12. The summed E-state index contributed by atoms with van der Waals surface area (Å²) in [6, 6.07) is -0.400. The Bertz CT molecular complexity index is 326. The standard InChI is InChI=1S/C13H23N3O2/c1-9-7-14-8-11(9)12(17)15-10(2)13(18)16-5-3-4-6-16/h9-11,14H,3-8H2,1-2H3,(H,15,17)/t9-,10?,11-/m1/s1. The van der Waals surface area contributed by atoms with Crippen molar-refractivity contribution in [2.45, 2.75) is 32.7 Å². The first kappa shape index (κ1) is 13.3. The number of hydrogen-bond acceptors (Lipinski definition) is 3. The smallest absolute Gasteiger partial charge is 0.244 e. The second-order valence-corrected chi connectivity index (χ2v) is 5.50. The molecule has 0 aromatic heterocycles. The van der Waals surface area contributed by atoms with E-state index in [4.69, 9.17) is 0 Å². The molecule has 5 heteroatoms. The van der Waals surface area contributed by atoms with E-state index in [9.17, 15) is 9.59 Å². The second-order valence-electron chi connectivity index (χ2n) is 5.50. The van der Waals surface area contributed by atoms with Gasteiger partial charge in [0.05, 0.1) is 5.92 Å². The van der Waals surface area contributed by atoms with Crippen LogP contribution in [0.3, 0.4) is 0 Å². The molecule has 0 bridgehead atoms. The monoisotopic (exact) mass is 253 g/mol. The van der Waals surface area contributed by atoms with E-state index in [2.05, 4.69) is 17.6 Å². The van der Waals surface area contributed by atoms with Crippen molar-refractivity contribution in [3.8, 4) is 0 Å². The van der Waals surface area contributed by atoms with Crippen LogP contribution in [0.15, 0.2) is 0 Å². The average molecular weight is 253 g/mol. The summed E-state index contributed by atoms with van der Waals surface area (Å²) in [6.07, 6.45) is 2.16. The summed E-state index contributed by atoms with van der Waals surface area (Å²) in [4.78, 5) is 26.0. The Morgan fingerprint density at radius 1 is 1.28 bits per heavy atom. The Balaban J connectivity index is 1.84. The van der Waals surface area contributed by atoms with E-state index in [0.717, 1.165) is 39.0 Å². The highest BCUT2D eigenvalue weighted by Gasteiger charge is 2.32. The van der Waals surface area contributed by atoms with Crippen molar-refractivity contribution in [3.05, 3.63) is 0 Å². The molecule has 102 valence electrons. The minimum absolute atomic E-state index is 0.00109. The van der Waals surface area contributed by atoms with Crippen LogP contribution in [0.4, 0.5) is 0 Å². The SMILES string of the molecule is CC(NC(=O)[C@@H]1CNC[C@H]1C)C(=O)N1CCCC1. The molecule has 2 rings (SSSR count). The van der Waals surface area contributed by atoms with Crippen LogP contribution in [0.5, 0.6) is 0 Å². The van der Waals surface area contributed by atoms with Crippen LogP contribution in [0.2, 0.25) is 0 Å². The molecule has 2 heterocycles. The zero-order valence-electron chi connectivity index (χ0n) is 11.2. The van der Waals surface area contributed by atoms with Gasteiger partial charge in [0.15, 0.2) is 0 Å². The lowest BCUT2D eigenvalue weighted by atomic mass is 9.97. The summed E-state index contributed by atoms with van der Waals surface area (Å²) in [5.74, 6) is 0.407. The lowest BCUT2D eigenvalue weighted by molar-refractivity contribution is -0.136. The highest BCUT2D eigenvalue weighted by Crippen LogP contribution is 2.16. The quantitative estimate of drug-likeness (QED) is 0.742. The number of hydrogen-bond donors (Lipinski definition) is 2. The Morgan fingerprint density at radius 2 is 1.94 bits per heavy atom. The van der Waals surface area contributed by atoms with E-state index in [0.29, 0.717) is 5.92 Å². The van der Waals surface area contributed by atoms with Gasteiger partial charge in [0, 0.05) is 19.6 Å². The lowest BCUT2D eigenvalue weighted by Crippen LogP contribution is -2.48. The molecule has 2 fully saturated rings. The van der Waals surface area contributed by atoms with Crippen molar-refractivity contribution in [3.63, 3.8) is 0 Å². The van der Waals surface area contributed by atoms with E-state index in [-0.39, 0.29) is 17.7 Å². The van der Waals surface area contributed by atoms with Gasteiger partial charge in [0.25, 0.3) is 0 Å². The van der Waals surface area contributed by atoms with Gasteiger partial charge in [0.2, 0.25) is 11.8 Å². The zero-order valence-corrected chi connectivity index (χ0v) is 11.2.